The van der Waals surface area contributed by atoms with Crippen LogP contribution in [-0.4, -0.2) is 17.5 Å². The third kappa shape index (κ3) is 3.47. The van der Waals surface area contributed by atoms with Crippen LogP contribution in [0.1, 0.15) is 23.5 Å². The number of hydrogen-bond acceptors (Lipinski definition) is 3. The van der Waals surface area contributed by atoms with E-state index in [1.165, 1.54) is 12.0 Å². The van der Waals surface area contributed by atoms with Crippen molar-refractivity contribution in [3.8, 4) is 0 Å². The smallest absolute Gasteiger partial charge is 0.269 e. The molecule has 0 heterocycles. The van der Waals surface area contributed by atoms with Gasteiger partial charge in [-0.2, -0.15) is 0 Å². The summed E-state index contributed by atoms with van der Waals surface area (Å²) in [5.41, 5.74) is 2.69. The maximum absolute atomic E-state index is 10.6. The third-order valence-corrected chi connectivity index (χ3v) is 3.99. The summed E-state index contributed by atoms with van der Waals surface area (Å²) < 4.78 is 0. The Bertz CT molecular complexity index is 610. The predicted molar refractivity (Wildman–Crippen MR) is 82.4 cm³/mol. The highest BCUT2D eigenvalue weighted by Gasteiger charge is 2.37. The van der Waals surface area contributed by atoms with Crippen molar-refractivity contribution in [1.82, 2.24) is 5.32 Å². The summed E-state index contributed by atoms with van der Waals surface area (Å²) in [6.45, 7) is 0.909. The van der Waals surface area contributed by atoms with Gasteiger partial charge in [0, 0.05) is 24.1 Å². The molecule has 21 heavy (non-hydrogen) atoms. The van der Waals surface area contributed by atoms with Gasteiger partial charge in [0.15, 0.2) is 0 Å². The van der Waals surface area contributed by atoms with E-state index >= 15 is 0 Å². The fourth-order valence-electron chi connectivity index (χ4n) is 2.68. The van der Waals surface area contributed by atoms with Gasteiger partial charge in [0.05, 0.1) is 4.92 Å². The Labute approximate surface area is 124 Å². The molecule has 4 heteroatoms. The minimum atomic E-state index is -0.364. The first-order valence-electron chi connectivity index (χ1n) is 7.26. The third-order valence-electron chi connectivity index (χ3n) is 3.99. The van der Waals surface area contributed by atoms with Crippen molar-refractivity contribution in [2.24, 2.45) is 0 Å². The van der Waals surface area contributed by atoms with Gasteiger partial charge in [-0.3, -0.25) is 10.1 Å². The monoisotopic (exact) mass is 282 g/mol. The minimum Gasteiger partial charge on any atom is -0.313 e. The molecule has 1 fully saturated rings. The van der Waals surface area contributed by atoms with E-state index in [0.29, 0.717) is 12.0 Å². The number of nitrogens with zero attached hydrogens (tertiary/aromatic N) is 1. The fourth-order valence-corrected chi connectivity index (χ4v) is 2.68. The summed E-state index contributed by atoms with van der Waals surface area (Å²) in [6.07, 6.45) is 2.10. The number of nitro groups is 1. The van der Waals surface area contributed by atoms with Crippen molar-refractivity contribution >= 4 is 5.69 Å². The number of nitro benzene ring substituents is 1. The van der Waals surface area contributed by atoms with Crippen LogP contribution < -0.4 is 5.32 Å². The second-order valence-corrected chi connectivity index (χ2v) is 5.49. The molecule has 0 radical (unpaired) electrons. The van der Waals surface area contributed by atoms with Crippen LogP contribution >= 0.6 is 0 Å². The maximum atomic E-state index is 10.6. The molecule has 2 aromatic rings. The highest BCUT2D eigenvalue weighted by atomic mass is 16.6. The van der Waals surface area contributed by atoms with Gasteiger partial charge in [-0.05, 0) is 30.5 Å². The van der Waals surface area contributed by atoms with Gasteiger partial charge in [-0.25, -0.2) is 0 Å². The molecule has 0 bridgehead atoms. The first-order valence-corrected chi connectivity index (χ1v) is 7.26. The van der Waals surface area contributed by atoms with Gasteiger partial charge in [-0.1, -0.05) is 42.5 Å². The van der Waals surface area contributed by atoms with E-state index in [1.807, 2.05) is 18.2 Å². The molecule has 0 aliphatic heterocycles. The Morgan fingerprint density at radius 2 is 1.81 bits per heavy atom. The fraction of sp³-hybridized carbons (Fsp3) is 0.294. The van der Waals surface area contributed by atoms with Gasteiger partial charge >= 0.3 is 0 Å². The Hall–Kier alpha value is -2.20. The molecule has 3 rings (SSSR count). The standard InChI is InChI=1S/C17H18N2O2/c20-19(21)15-8-6-13(7-9-15)10-11-18-17-12-16(17)14-4-2-1-3-5-14/h1-9,16-18H,10-12H2. The van der Waals surface area contributed by atoms with Crippen LogP contribution in [0.2, 0.25) is 0 Å². The van der Waals surface area contributed by atoms with E-state index in [-0.39, 0.29) is 10.6 Å². The Kier molecular flexibility index (Phi) is 3.97. The largest absolute Gasteiger partial charge is 0.313 e. The minimum absolute atomic E-state index is 0.151. The lowest BCUT2D eigenvalue weighted by Crippen LogP contribution is -2.20. The first kappa shape index (κ1) is 13.8. The van der Waals surface area contributed by atoms with Crippen molar-refractivity contribution in [3.05, 3.63) is 75.8 Å². The first-order chi connectivity index (χ1) is 10.2. The molecular weight excluding hydrogens is 264 g/mol. The summed E-state index contributed by atoms with van der Waals surface area (Å²) in [5.74, 6) is 0.642. The van der Waals surface area contributed by atoms with Crippen LogP contribution in [0, 0.1) is 10.1 Å². The average Bonchev–Trinajstić information content (AvgIpc) is 3.28. The van der Waals surface area contributed by atoms with Crippen LogP contribution in [0.4, 0.5) is 5.69 Å². The zero-order chi connectivity index (χ0) is 14.7. The molecule has 2 unspecified atom stereocenters. The van der Waals surface area contributed by atoms with Gasteiger partial charge in [0.2, 0.25) is 0 Å². The lowest BCUT2D eigenvalue weighted by Gasteiger charge is -2.05. The van der Waals surface area contributed by atoms with Gasteiger partial charge < -0.3 is 5.32 Å². The maximum Gasteiger partial charge on any atom is 0.269 e. The number of benzene rings is 2. The van der Waals surface area contributed by atoms with E-state index in [2.05, 4.69) is 29.6 Å². The summed E-state index contributed by atoms with van der Waals surface area (Å²) in [7, 11) is 0. The molecule has 108 valence electrons. The predicted octanol–water partition coefficient (Wildman–Crippen LogP) is 3.28. The van der Waals surface area contributed by atoms with Crippen LogP contribution in [-0.2, 0) is 6.42 Å². The number of hydrogen-bond donors (Lipinski definition) is 1. The van der Waals surface area contributed by atoms with E-state index in [9.17, 15) is 10.1 Å². The van der Waals surface area contributed by atoms with Crippen molar-refractivity contribution < 1.29 is 4.92 Å². The number of non-ortho nitro benzene ring substituents is 1. The van der Waals surface area contributed by atoms with E-state index in [1.54, 1.807) is 12.1 Å². The van der Waals surface area contributed by atoms with Crippen molar-refractivity contribution in [2.75, 3.05) is 6.54 Å². The lowest BCUT2D eigenvalue weighted by molar-refractivity contribution is -0.384. The topological polar surface area (TPSA) is 55.2 Å². The van der Waals surface area contributed by atoms with Crippen LogP contribution in [0.15, 0.2) is 54.6 Å². The summed E-state index contributed by atoms with van der Waals surface area (Å²) in [4.78, 5) is 10.2. The molecule has 1 aliphatic carbocycles. The molecular formula is C17H18N2O2. The van der Waals surface area contributed by atoms with Crippen LogP contribution in [0.25, 0.3) is 0 Å². The van der Waals surface area contributed by atoms with Crippen LogP contribution in [0.5, 0.6) is 0 Å². The Morgan fingerprint density at radius 3 is 2.48 bits per heavy atom. The molecule has 2 atom stereocenters. The normalized spacial score (nSPS) is 20.2. The number of rotatable bonds is 6. The summed E-state index contributed by atoms with van der Waals surface area (Å²) >= 11 is 0. The molecule has 4 nitrogen and oxygen atoms in total. The van der Waals surface area contributed by atoms with Gasteiger partial charge in [0.25, 0.3) is 5.69 Å². The van der Waals surface area contributed by atoms with Gasteiger partial charge in [0.1, 0.15) is 0 Å². The van der Waals surface area contributed by atoms with Crippen molar-refractivity contribution in [2.45, 2.75) is 24.8 Å². The van der Waals surface area contributed by atoms with Crippen molar-refractivity contribution in [1.29, 1.82) is 0 Å². The van der Waals surface area contributed by atoms with Gasteiger partial charge in [-0.15, -0.1) is 0 Å². The highest BCUT2D eigenvalue weighted by molar-refractivity contribution is 5.33. The van der Waals surface area contributed by atoms with Crippen molar-refractivity contribution in [3.63, 3.8) is 0 Å². The zero-order valence-corrected chi connectivity index (χ0v) is 11.7. The average molecular weight is 282 g/mol. The quantitative estimate of drug-likeness (QED) is 0.653. The molecule has 2 aromatic carbocycles. The molecule has 0 amide bonds. The summed E-state index contributed by atoms with van der Waals surface area (Å²) in [6, 6.07) is 18.0. The van der Waals surface area contributed by atoms with E-state index in [4.69, 9.17) is 0 Å². The van der Waals surface area contributed by atoms with Crippen LogP contribution in [0.3, 0.4) is 0 Å². The molecule has 0 aromatic heterocycles. The molecule has 0 saturated heterocycles. The molecule has 1 saturated carbocycles. The van der Waals surface area contributed by atoms with E-state index < -0.39 is 0 Å². The second-order valence-electron chi connectivity index (χ2n) is 5.49. The molecule has 1 aliphatic rings. The SMILES string of the molecule is O=[N+]([O-])c1ccc(CCNC2CC2c2ccccc2)cc1. The summed E-state index contributed by atoms with van der Waals surface area (Å²) in [5, 5.41) is 14.1. The van der Waals surface area contributed by atoms with E-state index in [0.717, 1.165) is 18.5 Å². The molecule has 1 N–H and O–H groups in total. The zero-order valence-electron chi connectivity index (χ0n) is 11.7. The highest BCUT2D eigenvalue weighted by Crippen LogP contribution is 2.40. The Balaban J connectivity index is 1.44. The Morgan fingerprint density at radius 1 is 1.10 bits per heavy atom. The second kappa shape index (κ2) is 6.06. The lowest BCUT2D eigenvalue weighted by atomic mass is 10.1. The molecule has 0 spiro atoms. The number of nitrogens with one attached hydrogen (secondary N) is 1.